The molecule has 18 nitrogen and oxygen atoms in total. The fraction of sp³-hybridized carbons (Fsp3) is 0.0750. The van der Waals surface area contributed by atoms with Crippen LogP contribution in [0.5, 0.6) is 0 Å². The van der Waals surface area contributed by atoms with E-state index in [4.69, 9.17) is 10.5 Å². The summed E-state index contributed by atoms with van der Waals surface area (Å²) in [4.78, 5) is 67.9. The van der Waals surface area contributed by atoms with Crippen LogP contribution in [0.2, 0.25) is 0 Å². The van der Waals surface area contributed by atoms with E-state index in [9.17, 15) is 42.0 Å². The fourth-order valence-corrected chi connectivity index (χ4v) is 9.46. The zero-order chi connectivity index (χ0) is 44.3. The number of aryl methyl sites for hydroxylation is 1. The predicted octanol–water partition coefficient (Wildman–Crippen LogP) is 7.65. The lowest BCUT2D eigenvalue weighted by Crippen LogP contribution is -2.29. The lowest BCUT2D eigenvalue weighted by atomic mass is 9.80. The van der Waals surface area contributed by atoms with Crippen LogP contribution < -0.4 is 16.2 Å². The van der Waals surface area contributed by atoms with E-state index in [2.05, 4.69) is 29.4 Å². The zero-order valence-corrected chi connectivity index (χ0v) is 34.8. The molecule has 0 radical (unpaired) electrons. The Hall–Kier alpha value is -5.89. The Bertz CT molecular complexity index is 2990. The molecule has 1 aromatic heterocycles. The van der Waals surface area contributed by atoms with Crippen molar-refractivity contribution < 1.29 is 66.5 Å². The van der Waals surface area contributed by atoms with E-state index in [1.54, 1.807) is 42.5 Å². The molecule has 0 atom stereocenters. The van der Waals surface area contributed by atoms with Crippen LogP contribution in [-0.4, -0.2) is 62.4 Å². The maximum atomic E-state index is 14.6. The summed E-state index contributed by atoms with van der Waals surface area (Å²) in [6, 6.07) is 23.6. The molecule has 6 aromatic rings. The minimum absolute atomic E-state index is 0.00274. The van der Waals surface area contributed by atoms with Gasteiger partial charge in [0.15, 0.2) is 11.6 Å². The molecule has 0 spiro atoms. The standard InChI is InChI=1S/C40H29N3O15S4/c1-43-28-14-13-25(34-35(28)33(22-9-2-3-10-23(22)38(34)46)36(39(43)47)37(45)20-7-6-8-21(17-20)60-57-55-50)41-26-18-27(31(62(52,53)54)19-30(26)61-58-56-51)42-32(44)15-16-59-29-12-5-4-11-24(29)40(48)49/h2-14,17-19,41,50-51H,15-16H2,1H3,(H,42,44)(H,48,49)(H,52,53,54). The van der Waals surface area contributed by atoms with Gasteiger partial charge in [0.1, 0.15) is 4.90 Å². The largest absolute Gasteiger partial charge is 0.478 e. The summed E-state index contributed by atoms with van der Waals surface area (Å²) in [5.41, 5.74) is -0.369. The summed E-state index contributed by atoms with van der Waals surface area (Å²) < 4.78 is 45.9. The van der Waals surface area contributed by atoms with Crippen LogP contribution in [0.1, 0.15) is 48.6 Å². The number of anilines is 3. The number of carboxylic acid groups (broad SMARTS) is 1. The summed E-state index contributed by atoms with van der Waals surface area (Å²) in [6.45, 7) is 0. The number of amides is 1. The summed E-state index contributed by atoms with van der Waals surface area (Å²) in [5, 5.41) is 40.3. The summed E-state index contributed by atoms with van der Waals surface area (Å²) in [7, 11) is -3.62. The monoisotopic (exact) mass is 919 g/mol. The van der Waals surface area contributed by atoms with Gasteiger partial charge >= 0.3 is 5.97 Å². The first-order valence-electron chi connectivity index (χ1n) is 17.7. The Kier molecular flexibility index (Phi) is 13.3. The minimum atomic E-state index is -5.06. The van der Waals surface area contributed by atoms with Crippen molar-refractivity contribution in [3.05, 3.63) is 135 Å². The van der Waals surface area contributed by atoms with E-state index in [1.165, 1.54) is 54.1 Å². The maximum Gasteiger partial charge on any atom is 0.336 e. The highest BCUT2D eigenvalue weighted by Crippen LogP contribution is 2.45. The Morgan fingerprint density at radius 2 is 1.48 bits per heavy atom. The first kappa shape index (κ1) is 44.2. The zero-order valence-electron chi connectivity index (χ0n) is 31.5. The SMILES string of the molecule is Cn1c(=O)c(C(=O)c2cccc(SOOO)c2)c2c3c(c(Nc4cc(NC(=O)CCSc5ccccc5C(=O)O)c(S(=O)(=O)O)cc4SOOO)ccc31)C(=O)c1ccccc1-2. The van der Waals surface area contributed by atoms with Gasteiger partial charge in [-0.15, -0.1) is 20.4 Å². The highest BCUT2D eigenvalue weighted by atomic mass is 32.2. The molecule has 1 aliphatic carbocycles. The Morgan fingerprint density at radius 3 is 2.21 bits per heavy atom. The van der Waals surface area contributed by atoms with Gasteiger partial charge in [-0.2, -0.15) is 8.42 Å². The molecule has 0 unspecified atom stereocenters. The number of aromatic nitrogens is 1. The van der Waals surface area contributed by atoms with Crippen molar-refractivity contribution in [1.82, 2.24) is 4.57 Å². The van der Waals surface area contributed by atoms with E-state index in [1.807, 2.05) is 0 Å². The van der Waals surface area contributed by atoms with Crippen LogP contribution in [0, 0.1) is 0 Å². The molecule has 0 aliphatic heterocycles. The van der Waals surface area contributed by atoms with Gasteiger partial charge in [0.25, 0.3) is 15.7 Å². The predicted molar refractivity (Wildman–Crippen MR) is 226 cm³/mol. The molecule has 5 aromatic carbocycles. The normalized spacial score (nSPS) is 12.0. The average Bonchev–Trinajstić information content (AvgIpc) is 3.25. The Morgan fingerprint density at radius 1 is 0.774 bits per heavy atom. The summed E-state index contributed by atoms with van der Waals surface area (Å²) in [5.74, 6) is -3.02. The molecule has 0 bridgehead atoms. The molecule has 22 heteroatoms. The molecule has 7 rings (SSSR count). The first-order chi connectivity index (χ1) is 29.7. The molecule has 1 heterocycles. The lowest BCUT2D eigenvalue weighted by molar-refractivity contribution is -0.432. The average molecular weight is 920 g/mol. The highest BCUT2D eigenvalue weighted by molar-refractivity contribution is 7.99. The Labute approximate surface area is 362 Å². The number of thioether (sulfide) groups is 1. The summed E-state index contributed by atoms with van der Waals surface area (Å²) in [6.07, 6.45) is -0.233. The van der Waals surface area contributed by atoms with Crippen molar-refractivity contribution in [2.45, 2.75) is 26.0 Å². The number of hydrogen-bond acceptors (Lipinski definition) is 17. The summed E-state index contributed by atoms with van der Waals surface area (Å²) >= 11 is 1.98. The van der Waals surface area contributed by atoms with E-state index >= 15 is 0 Å². The molecular weight excluding hydrogens is 891 g/mol. The minimum Gasteiger partial charge on any atom is -0.478 e. The van der Waals surface area contributed by atoms with Crippen molar-refractivity contribution >= 4 is 97.4 Å². The van der Waals surface area contributed by atoms with Gasteiger partial charge in [0.2, 0.25) is 5.91 Å². The lowest BCUT2D eigenvalue weighted by Gasteiger charge is -2.26. The number of rotatable bonds is 17. The van der Waals surface area contributed by atoms with Crippen molar-refractivity contribution in [1.29, 1.82) is 0 Å². The number of carbonyl (C=O) groups is 4. The van der Waals surface area contributed by atoms with Crippen molar-refractivity contribution in [3.63, 3.8) is 0 Å². The third-order valence-corrected chi connectivity index (χ3v) is 12.7. The van der Waals surface area contributed by atoms with Gasteiger partial charge in [0, 0.05) is 51.1 Å². The number of pyridine rings is 1. The van der Waals surface area contributed by atoms with E-state index < -0.39 is 49.7 Å². The van der Waals surface area contributed by atoms with Crippen LogP contribution in [0.25, 0.3) is 22.0 Å². The van der Waals surface area contributed by atoms with Crippen LogP contribution >= 0.6 is 35.8 Å². The number of carboxylic acids is 1. The van der Waals surface area contributed by atoms with E-state index in [-0.39, 0.29) is 72.7 Å². The second-order valence-corrected chi connectivity index (χ2v) is 17.1. The van der Waals surface area contributed by atoms with Crippen molar-refractivity contribution in [3.8, 4) is 11.1 Å². The topological polar surface area (TPSA) is 266 Å². The molecular formula is C40H29N3O15S4. The second kappa shape index (κ2) is 18.6. The quantitative estimate of drug-likeness (QED) is 0.0128. The van der Waals surface area contributed by atoms with Crippen LogP contribution in [0.4, 0.5) is 17.1 Å². The van der Waals surface area contributed by atoms with Gasteiger partial charge in [-0.3, -0.25) is 23.7 Å². The number of aromatic carboxylic acids is 1. The maximum absolute atomic E-state index is 14.6. The third kappa shape index (κ3) is 8.88. The van der Waals surface area contributed by atoms with Gasteiger partial charge in [0.05, 0.1) is 68.3 Å². The van der Waals surface area contributed by atoms with E-state index in [0.717, 1.165) is 23.9 Å². The second-order valence-electron chi connectivity index (χ2n) is 13.1. The van der Waals surface area contributed by atoms with Crippen molar-refractivity contribution in [2.75, 3.05) is 16.4 Å². The Balaban J connectivity index is 1.34. The highest BCUT2D eigenvalue weighted by Gasteiger charge is 2.34. The van der Waals surface area contributed by atoms with Gasteiger partial charge in [-0.05, 0) is 54.1 Å². The van der Waals surface area contributed by atoms with Gasteiger partial charge < -0.3 is 20.3 Å². The van der Waals surface area contributed by atoms with Gasteiger partial charge in [-0.25, -0.2) is 15.3 Å². The number of ketones is 2. The van der Waals surface area contributed by atoms with Crippen molar-refractivity contribution in [2.24, 2.45) is 7.05 Å². The molecule has 6 N–H and O–H groups in total. The first-order valence-corrected chi connectivity index (χ1v) is 21.6. The van der Waals surface area contributed by atoms with Crippen LogP contribution in [0.15, 0.2) is 121 Å². The third-order valence-electron chi connectivity index (χ3n) is 9.48. The smallest absolute Gasteiger partial charge is 0.336 e. The molecule has 0 saturated carbocycles. The number of fused-ring (bicyclic) bond motifs is 2. The van der Waals surface area contributed by atoms with Crippen LogP contribution in [-0.2, 0) is 40.7 Å². The molecule has 0 fully saturated rings. The number of hydrogen-bond donors (Lipinski definition) is 6. The molecule has 1 amide bonds. The molecule has 0 saturated heterocycles. The van der Waals surface area contributed by atoms with Crippen LogP contribution in [0.3, 0.4) is 0 Å². The fourth-order valence-electron chi connectivity index (χ4n) is 6.85. The molecule has 62 heavy (non-hydrogen) atoms. The number of carbonyl (C=O) groups excluding carboxylic acids is 3. The molecule has 318 valence electrons. The van der Waals surface area contributed by atoms with E-state index in [0.29, 0.717) is 39.4 Å². The molecule has 1 aliphatic rings. The van der Waals surface area contributed by atoms with Gasteiger partial charge in [-0.1, -0.05) is 58.6 Å². The number of benzene rings is 5. The number of nitrogens with zero attached hydrogens (tertiary/aromatic N) is 1. The number of nitrogens with one attached hydrogen (secondary N) is 2.